The van der Waals surface area contributed by atoms with Crippen LogP contribution < -0.4 is 15.5 Å². The van der Waals surface area contributed by atoms with Gasteiger partial charge in [0.15, 0.2) is 0 Å². The number of carbonyl (C=O) groups is 2. The normalized spacial score (nSPS) is 10.9. The number of fused-ring (bicyclic) bond motifs is 1. The second kappa shape index (κ2) is 11.3. The molecule has 4 rings (SSSR count). The highest BCUT2D eigenvalue weighted by Crippen LogP contribution is 2.27. The van der Waals surface area contributed by atoms with Crippen LogP contribution in [0, 0.1) is 6.92 Å². The van der Waals surface area contributed by atoms with E-state index in [9.17, 15) is 9.59 Å². The fourth-order valence-electron chi connectivity index (χ4n) is 3.50. The summed E-state index contributed by atoms with van der Waals surface area (Å²) in [6, 6.07) is 26.7. The first-order valence-electron chi connectivity index (χ1n) is 11.1. The Labute approximate surface area is 208 Å². The first kappa shape index (κ1) is 24.0. The van der Waals surface area contributed by atoms with E-state index in [1.807, 2.05) is 73.7 Å². The van der Waals surface area contributed by atoms with E-state index in [0.29, 0.717) is 23.1 Å². The Morgan fingerprint density at radius 1 is 0.943 bits per heavy atom. The highest BCUT2D eigenvalue weighted by Gasteiger charge is 2.11. The predicted octanol–water partition coefficient (Wildman–Crippen LogP) is 5.86. The van der Waals surface area contributed by atoms with Crippen molar-refractivity contribution in [2.75, 3.05) is 5.32 Å². The molecule has 176 valence electrons. The van der Waals surface area contributed by atoms with Gasteiger partial charge >= 0.3 is 0 Å². The van der Waals surface area contributed by atoms with Crippen LogP contribution >= 0.6 is 11.6 Å². The first-order valence-corrected chi connectivity index (χ1v) is 11.4. The van der Waals surface area contributed by atoms with E-state index < -0.39 is 11.8 Å². The first-order chi connectivity index (χ1) is 17.0. The van der Waals surface area contributed by atoms with E-state index in [-0.39, 0.29) is 6.42 Å². The summed E-state index contributed by atoms with van der Waals surface area (Å²) >= 11 is 6.08. The van der Waals surface area contributed by atoms with Crippen molar-refractivity contribution in [2.24, 2.45) is 5.10 Å². The average molecular weight is 486 g/mol. The van der Waals surface area contributed by atoms with Gasteiger partial charge in [-0.05, 0) is 47.0 Å². The number of benzene rings is 4. The van der Waals surface area contributed by atoms with Crippen molar-refractivity contribution in [3.05, 3.63) is 107 Å². The number of nitrogens with zero attached hydrogens (tertiary/aromatic N) is 1. The van der Waals surface area contributed by atoms with Gasteiger partial charge in [0.05, 0.1) is 6.21 Å². The van der Waals surface area contributed by atoms with Crippen LogP contribution in [0.1, 0.15) is 23.1 Å². The summed E-state index contributed by atoms with van der Waals surface area (Å²) in [6.45, 7) is 2.27. The molecule has 35 heavy (non-hydrogen) atoms. The monoisotopic (exact) mass is 485 g/mol. The summed E-state index contributed by atoms with van der Waals surface area (Å²) in [5, 5.41) is 9.24. The second-order valence-electron chi connectivity index (χ2n) is 7.95. The Kier molecular flexibility index (Phi) is 7.75. The van der Waals surface area contributed by atoms with Crippen molar-refractivity contribution in [3.63, 3.8) is 0 Å². The van der Waals surface area contributed by atoms with E-state index in [1.54, 1.807) is 18.2 Å². The summed E-state index contributed by atoms with van der Waals surface area (Å²) in [7, 11) is 0. The van der Waals surface area contributed by atoms with Crippen molar-refractivity contribution in [3.8, 4) is 5.75 Å². The van der Waals surface area contributed by atoms with E-state index in [1.165, 1.54) is 6.21 Å². The van der Waals surface area contributed by atoms with Crippen molar-refractivity contribution in [1.82, 2.24) is 5.43 Å². The maximum absolute atomic E-state index is 12.3. The Hall–Kier alpha value is -4.16. The molecule has 0 saturated heterocycles. The maximum Gasteiger partial charge on any atom is 0.249 e. The van der Waals surface area contributed by atoms with Gasteiger partial charge in [0.1, 0.15) is 18.8 Å². The minimum atomic E-state index is -0.538. The highest BCUT2D eigenvalue weighted by molar-refractivity contribution is 6.31. The Morgan fingerprint density at radius 2 is 1.71 bits per heavy atom. The van der Waals surface area contributed by atoms with Gasteiger partial charge in [0.25, 0.3) is 0 Å². The zero-order valence-electron chi connectivity index (χ0n) is 19.1. The SMILES string of the molecule is Cc1ccc(NC(=O)CC(=O)NN=Cc2c(OCc3ccccc3)ccc3ccccc23)cc1Cl. The molecule has 7 heteroatoms. The van der Waals surface area contributed by atoms with Crippen molar-refractivity contribution < 1.29 is 14.3 Å². The number of hydrogen-bond donors (Lipinski definition) is 2. The van der Waals surface area contributed by atoms with Gasteiger partial charge in [-0.2, -0.15) is 5.10 Å². The van der Waals surface area contributed by atoms with Crippen LogP contribution in [0.2, 0.25) is 5.02 Å². The van der Waals surface area contributed by atoms with E-state index in [4.69, 9.17) is 16.3 Å². The van der Waals surface area contributed by atoms with Gasteiger partial charge in [0.2, 0.25) is 11.8 Å². The van der Waals surface area contributed by atoms with Gasteiger partial charge in [-0.25, -0.2) is 5.43 Å². The zero-order chi connectivity index (χ0) is 24.6. The molecule has 0 fully saturated rings. The zero-order valence-corrected chi connectivity index (χ0v) is 19.9. The van der Waals surface area contributed by atoms with E-state index in [2.05, 4.69) is 15.8 Å². The number of nitrogens with one attached hydrogen (secondary N) is 2. The quantitative estimate of drug-likeness (QED) is 0.186. The minimum absolute atomic E-state index is 0.379. The van der Waals surface area contributed by atoms with Gasteiger partial charge in [-0.15, -0.1) is 0 Å². The van der Waals surface area contributed by atoms with Crippen LogP contribution in [0.25, 0.3) is 10.8 Å². The lowest BCUT2D eigenvalue weighted by atomic mass is 10.0. The minimum Gasteiger partial charge on any atom is -0.488 e. The molecular formula is C28H24ClN3O3. The third-order valence-electron chi connectivity index (χ3n) is 5.33. The molecule has 6 nitrogen and oxygen atoms in total. The average Bonchev–Trinajstić information content (AvgIpc) is 2.86. The molecule has 4 aromatic carbocycles. The lowest BCUT2D eigenvalue weighted by Crippen LogP contribution is -2.24. The Bertz CT molecular complexity index is 1390. The number of ether oxygens (including phenoxy) is 1. The summed E-state index contributed by atoms with van der Waals surface area (Å²) < 4.78 is 6.06. The van der Waals surface area contributed by atoms with Crippen LogP contribution in [-0.2, 0) is 16.2 Å². The molecule has 0 aliphatic carbocycles. The third kappa shape index (κ3) is 6.46. The molecule has 0 aromatic heterocycles. The molecule has 0 saturated carbocycles. The topological polar surface area (TPSA) is 79.8 Å². The molecule has 0 bridgehead atoms. The molecule has 0 atom stereocenters. The number of hydrogen-bond acceptors (Lipinski definition) is 4. The molecule has 0 radical (unpaired) electrons. The number of anilines is 1. The van der Waals surface area contributed by atoms with Crippen LogP contribution in [0.3, 0.4) is 0 Å². The number of halogens is 1. The lowest BCUT2D eigenvalue weighted by molar-refractivity contribution is -0.126. The van der Waals surface area contributed by atoms with Gasteiger partial charge in [0, 0.05) is 16.3 Å². The standard InChI is InChI=1S/C28H24ClN3O3/c1-19-11-13-22(15-25(19)29)31-27(33)16-28(34)32-30-17-24-23-10-6-5-9-21(23)12-14-26(24)35-18-20-7-3-2-4-8-20/h2-15,17H,16,18H2,1H3,(H,31,33)(H,32,34). The fourth-order valence-corrected chi connectivity index (χ4v) is 3.68. The van der Waals surface area contributed by atoms with Gasteiger partial charge < -0.3 is 10.1 Å². The van der Waals surface area contributed by atoms with Crippen LogP contribution in [0.5, 0.6) is 5.75 Å². The molecule has 0 aliphatic rings. The molecule has 4 aromatic rings. The summed E-state index contributed by atoms with van der Waals surface area (Å²) in [4.78, 5) is 24.5. The van der Waals surface area contributed by atoms with Gasteiger partial charge in [-0.1, -0.05) is 78.3 Å². The number of rotatable bonds is 8. The summed E-state index contributed by atoms with van der Waals surface area (Å²) in [6.07, 6.45) is 1.16. The van der Waals surface area contributed by atoms with Crippen LogP contribution in [0.4, 0.5) is 5.69 Å². The Balaban J connectivity index is 1.43. The summed E-state index contributed by atoms with van der Waals surface area (Å²) in [5.41, 5.74) is 5.62. The van der Waals surface area contributed by atoms with Crippen molar-refractivity contribution >= 4 is 46.1 Å². The number of hydrazone groups is 1. The van der Waals surface area contributed by atoms with Crippen molar-refractivity contribution in [2.45, 2.75) is 20.0 Å². The van der Waals surface area contributed by atoms with Crippen LogP contribution in [-0.4, -0.2) is 18.0 Å². The molecule has 0 unspecified atom stereocenters. The van der Waals surface area contributed by atoms with Gasteiger partial charge in [-0.3, -0.25) is 9.59 Å². The molecule has 2 N–H and O–H groups in total. The van der Waals surface area contributed by atoms with Crippen LogP contribution in [0.15, 0.2) is 90.0 Å². The largest absolute Gasteiger partial charge is 0.488 e. The van der Waals surface area contributed by atoms with E-state index in [0.717, 1.165) is 27.5 Å². The number of carbonyl (C=O) groups excluding carboxylic acids is 2. The molecular weight excluding hydrogens is 462 g/mol. The smallest absolute Gasteiger partial charge is 0.249 e. The molecule has 0 aliphatic heterocycles. The second-order valence-corrected chi connectivity index (χ2v) is 8.36. The lowest BCUT2D eigenvalue weighted by Gasteiger charge is -2.12. The number of amides is 2. The maximum atomic E-state index is 12.3. The molecule has 0 spiro atoms. The summed E-state index contributed by atoms with van der Waals surface area (Å²) in [5.74, 6) is -0.363. The molecule has 2 amide bonds. The molecule has 0 heterocycles. The fraction of sp³-hybridized carbons (Fsp3) is 0.107. The van der Waals surface area contributed by atoms with Crippen molar-refractivity contribution in [1.29, 1.82) is 0 Å². The third-order valence-corrected chi connectivity index (χ3v) is 5.73. The predicted molar refractivity (Wildman–Crippen MR) is 140 cm³/mol. The number of aryl methyl sites for hydroxylation is 1. The van der Waals surface area contributed by atoms with E-state index >= 15 is 0 Å². The highest BCUT2D eigenvalue weighted by atomic mass is 35.5. The Morgan fingerprint density at radius 3 is 2.51 bits per heavy atom.